The van der Waals surface area contributed by atoms with E-state index in [2.05, 4.69) is 0 Å². The summed E-state index contributed by atoms with van der Waals surface area (Å²) in [7, 11) is 0. The van der Waals surface area contributed by atoms with Gasteiger partial charge in [-0.3, -0.25) is 0 Å². The fraction of sp³-hybridized carbons (Fsp3) is 0.375. The number of ether oxygens (including phenoxy) is 2. The standard InChI is InChI=1S/2C10H8F4NO.2C6H7.Ti/c2*11-6-5-7(12)9(14)10(8(6)13)15-1-3-16-4-2-15;2*1-6-4-2-3-5-6;/h2*1-4H2;2*2,4H,3H2,1H3;. The molecule has 0 saturated carbocycles. The van der Waals surface area contributed by atoms with Crippen molar-refractivity contribution in [3.63, 3.8) is 0 Å². The number of rotatable bonds is 6. The molecule has 45 heavy (non-hydrogen) atoms. The van der Waals surface area contributed by atoms with Crippen molar-refractivity contribution in [2.75, 3.05) is 62.4 Å². The molecule has 0 atom stereocenters. The van der Waals surface area contributed by atoms with E-state index in [0.29, 0.717) is 11.1 Å². The summed E-state index contributed by atoms with van der Waals surface area (Å²) in [6, 6.07) is 0. The Bertz CT molecular complexity index is 1510. The second-order valence-corrected chi connectivity index (χ2v) is 17.2. The molecule has 2 aromatic carbocycles. The van der Waals surface area contributed by atoms with Gasteiger partial charge in [-0.05, 0) is 0 Å². The topological polar surface area (TPSA) is 24.9 Å². The maximum absolute atomic E-state index is 16.7. The molecule has 2 fully saturated rings. The maximum atomic E-state index is 16.7. The minimum atomic E-state index is -5.99. The van der Waals surface area contributed by atoms with Crippen LogP contribution >= 0.6 is 0 Å². The Morgan fingerprint density at radius 3 is 1.09 bits per heavy atom. The molecule has 2 aliphatic carbocycles. The Morgan fingerprint density at radius 2 is 0.822 bits per heavy atom. The third-order valence-corrected chi connectivity index (χ3v) is 17.5. The summed E-state index contributed by atoms with van der Waals surface area (Å²) in [5.74, 6) is -14.4. The van der Waals surface area contributed by atoms with Gasteiger partial charge in [0.1, 0.15) is 0 Å². The zero-order valence-electron chi connectivity index (χ0n) is 24.6. The van der Waals surface area contributed by atoms with Crippen LogP contribution in [0.2, 0.25) is 0 Å². The van der Waals surface area contributed by atoms with Gasteiger partial charge in [0.25, 0.3) is 0 Å². The van der Waals surface area contributed by atoms with E-state index in [1.54, 1.807) is 24.3 Å². The molecule has 13 heteroatoms. The number of anilines is 2. The van der Waals surface area contributed by atoms with Crippen LogP contribution in [0.4, 0.5) is 46.5 Å². The van der Waals surface area contributed by atoms with Crippen molar-refractivity contribution in [3.05, 3.63) is 89.7 Å². The molecule has 0 radical (unpaired) electrons. The van der Waals surface area contributed by atoms with Crippen LogP contribution in [0, 0.1) is 46.5 Å². The minimum absolute atomic E-state index is 0.0472. The van der Waals surface area contributed by atoms with Gasteiger partial charge >= 0.3 is 259 Å². The Balaban J connectivity index is 1.75. The third kappa shape index (κ3) is 4.90. The SMILES string of the molecule is CC1=[C]([Ti]([C]2=C(C)C=CC2)([c]2c(F)c(F)c(N3CCOCC3)c(F)c2F)[c]2c(F)c(F)c(N3CCOCC3)c(F)c2F)CC=C1. The molecule has 0 bridgehead atoms. The van der Waals surface area contributed by atoms with Crippen LogP contribution in [-0.2, 0) is 26.1 Å². The number of benzene rings is 2. The van der Waals surface area contributed by atoms with E-state index in [0.717, 1.165) is 9.80 Å². The fourth-order valence-electron chi connectivity index (χ4n) is 7.07. The molecule has 240 valence electrons. The molecule has 2 heterocycles. The first kappa shape index (κ1) is 32.0. The molecule has 2 aliphatic heterocycles. The van der Waals surface area contributed by atoms with Crippen molar-refractivity contribution in [1.82, 2.24) is 0 Å². The van der Waals surface area contributed by atoms with E-state index in [4.69, 9.17) is 9.47 Å². The molecule has 0 unspecified atom stereocenters. The molecular weight excluding hydrogens is 644 g/mol. The van der Waals surface area contributed by atoms with Gasteiger partial charge in [-0.2, -0.15) is 0 Å². The van der Waals surface area contributed by atoms with E-state index in [-0.39, 0.29) is 73.2 Å². The number of nitrogens with zero attached hydrogens (tertiary/aromatic N) is 2. The molecule has 0 amide bonds. The van der Waals surface area contributed by atoms with E-state index < -0.39 is 82.2 Å². The predicted molar refractivity (Wildman–Crippen MR) is 151 cm³/mol. The Kier molecular flexibility index (Phi) is 8.79. The second-order valence-electron chi connectivity index (χ2n) is 11.4. The van der Waals surface area contributed by atoms with Crippen molar-refractivity contribution in [2.45, 2.75) is 26.7 Å². The predicted octanol–water partition coefficient (Wildman–Crippen LogP) is 6.05. The Morgan fingerprint density at radius 1 is 0.511 bits per heavy atom. The van der Waals surface area contributed by atoms with Gasteiger partial charge in [-0.1, -0.05) is 0 Å². The van der Waals surface area contributed by atoms with Crippen molar-refractivity contribution < 1.29 is 61.2 Å². The molecule has 0 aromatic heterocycles. The average Bonchev–Trinajstić information content (AvgIpc) is 3.67. The molecule has 4 aliphatic rings. The Hall–Kier alpha value is -2.93. The summed E-state index contributed by atoms with van der Waals surface area (Å²) in [6.45, 7) is 2.99. The van der Waals surface area contributed by atoms with Crippen molar-refractivity contribution in [1.29, 1.82) is 0 Å². The normalized spacial score (nSPS) is 19.2. The van der Waals surface area contributed by atoms with Crippen molar-refractivity contribution in [2.24, 2.45) is 0 Å². The summed E-state index contributed by atoms with van der Waals surface area (Å²) in [4.78, 5) is 2.19. The summed E-state index contributed by atoms with van der Waals surface area (Å²) >= 11 is -5.99. The first-order valence-corrected chi connectivity index (χ1v) is 17.8. The number of hydrogen-bond acceptors (Lipinski definition) is 4. The number of halogens is 8. The summed E-state index contributed by atoms with van der Waals surface area (Å²) in [5, 5.41) is 0. The van der Waals surface area contributed by atoms with Gasteiger partial charge in [-0.25, -0.2) is 0 Å². The van der Waals surface area contributed by atoms with E-state index in [1.165, 1.54) is 13.8 Å². The Labute approximate surface area is 258 Å². The van der Waals surface area contributed by atoms with Crippen LogP contribution in [0.5, 0.6) is 0 Å². The monoisotopic (exact) mass is 674 g/mol. The number of morpholine rings is 2. The molecule has 0 N–H and O–H groups in total. The van der Waals surface area contributed by atoms with Crippen molar-refractivity contribution in [3.8, 4) is 0 Å². The molecule has 6 rings (SSSR count). The molecule has 4 nitrogen and oxygen atoms in total. The molecule has 0 spiro atoms. The van der Waals surface area contributed by atoms with Crippen LogP contribution in [-0.4, -0.2) is 52.6 Å². The molecular formula is C32H30F8N2O2Ti. The van der Waals surface area contributed by atoms with Gasteiger partial charge in [0.05, 0.1) is 0 Å². The van der Waals surface area contributed by atoms with Crippen LogP contribution in [0.25, 0.3) is 0 Å². The van der Waals surface area contributed by atoms with Crippen LogP contribution in [0.15, 0.2) is 43.2 Å². The van der Waals surface area contributed by atoms with Gasteiger partial charge in [-0.15, -0.1) is 0 Å². The van der Waals surface area contributed by atoms with Crippen LogP contribution < -0.4 is 17.5 Å². The zero-order chi connectivity index (χ0) is 32.2. The summed E-state index contributed by atoms with van der Waals surface area (Å²) in [5.41, 5.74) is -1.26. The van der Waals surface area contributed by atoms with Gasteiger partial charge in [0, 0.05) is 0 Å². The first-order chi connectivity index (χ1) is 21.5. The van der Waals surface area contributed by atoms with Crippen LogP contribution in [0.1, 0.15) is 26.7 Å². The van der Waals surface area contributed by atoms with E-state index in [1.807, 2.05) is 0 Å². The summed E-state index contributed by atoms with van der Waals surface area (Å²) in [6.07, 6.45) is 6.09. The second kappa shape index (κ2) is 12.4. The number of allylic oxidation sites excluding steroid dienone is 8. The number of hydrogen-bond donors (Lipinski definition) is 0. The van der Waals surface area contributed by atoms with Gasteiger partial charge in [0.15, 0.2) is 0 Å². The fourth-order valence-corrected chi connectivity index (χ4v) is 16.1. The molecule has 2 aromatic rings. The summed E-state index contributed by atoms with van der Waals surface area (Å²) < 4.78 is 139. The molecule has 2 saturated heterocycles. The average molecular weight is 674 g/mol. The first-order valence-electron chi connectivity index (χ1n) is 14.6. The van der Waals surface area contributed by atoms with Gasteiger partial charge < -0.3 is 0 Å². The zero-order valence-corrected chi connectivity index (χ0v) is 26.2. The van der Waals surface area contributed by atoms with E-state index in [9.17, 15) is 0 Å². The van der Waals surface area contributed by atoms with E-state index >= 15 is 35.1 Å². The van der Waals surface area contributed by atoms with Gasteiger partial charge in [0.2, 0.25) is 0 Å². The third-order valence-electron chi connectivity index (χ3n) is 9.12. The quantitative estimate of drug-likeness (QED) is 0.212. The van der Waals surface area contributed by atoms with Crippen molar-refractivity contribution >= 4 is 19.1 Å². The van der Waals surface area contributed by atoms with Crippen LogP contribution in [0.3, 0.4) is 0 Å².